The summed E-state index contributed by atoms with van der Waals surface area (Å²) in [6.07, 6.45) is 4.61. The molecule has 1 fully saturated rings. The maximum atomic E-state index is 12.0. The van der Waals surface area contributed by atoms with Crippen LogP contribution in [0.4, 0.5) is 10.8 Å². The van der Waals surface area contributed by atoms with Crippen molar-refractivity contribution in [3.05, 3.63) is 57.6 Å². The molecule has 5 N–H and O–H groups in total. The Bertz CT molecular complexity index is 1310. The van der Waals surface area contributed by atoms with E-state index in [2.05, 4.69) is 25.9 Å². The normalized spacial score (nSPS) is 17.8. The molecule has 5 rings (SSSR count). The minimum absolute atomic E-state index is 0.387. The van der Waals surface area contributed by atoms with Gasteiger partial charge in [-0.2, -0.15) is 0 Å². The van der Waals surface area contributed by atoms with Crippen LogP contribution in [0, 0.1) is 11.8 Å². The summed E-state index contributed by atoms with van der Waals surface area (Å²) in [5.41, 5.74) is 5.09. The third-order valence-corrected chi connectivity index (χ3v) is 8.23. The molecule has 2 unspecified atom stereocenters. The molecule has 9 nitrogen and oxygen atoms in total. The van der Waals surface area contributed by atoms with Crippen molar-refractivity contribution in [1.29, 1.82) is 0 Å². The van der Waals surface area contributed by atoms with Crippen LogP contribution in [0.5, 0.6) is 0 Å². The monoisotopic (exact) mass is 555 g/mol. The van der Waals surface area contributed by atoms with Crippen LogP contribution in [-0.4, -0.2) is 51.8 Å². The number of aliphatic carboxylic acids is 2. The maximum absolute atomic E-state index is 12.0. The van der Waals surface area contributed by atoms with Crippen LogP contribution in [0.15, 0.2) is 35.8 Å². The van der Waals surface area contributed by atoms with Gasteiger partial charge in [-0.25, -0.2) is 4.98 Å². The van der Waals surface area contributed by atoms with Gasteiger partial charge in [0.25, 0.3) is 0 Å². The van der Waals surface area contributed by atoms with Crippen LogP contribution in [0.3, 0.4) is 0 Å². The van der Waals surface area contributed by atoms with E-state index in [1.165, 1.54) is 12.8 Å². The van der Waals surface area contributed by atoms with Crippen LogP contribution in [0.25, 0.3) is 11.4 Å². The molecule has 200 valence electrons. The Kier molecular flexibility index (Phi) is 8.11. The first-order valence-electron chi connectivity index (χ1n) is 12.7. The van der Waals surface area contributed by atoms with E-state index in [1.807, 2.05) is 29.8 Å². The summed E-state index contributed by atoms with van der Waals surface area (Å²) < 4.78 is 0. The molecule has 2 aliphatic rings. The lowest BCUT2D eigenvalue weighted by atomic mass is 9.81. The van der Waals surface area contributed by atoms with Crippen LogP contribution < -0.4 is 16.0 Å². The van der Waals surface area contributed by atoms with Gasteiger partial charge in [-0.15, -0.1) is 11.3 Å². The van der Waals surface area contributed by atoms with Gasteiger partial charge in [-0.1, -0.05) is 23.7 Å². The van der Waals surface area contributed by atoms with Gasteiger partial charge >= 0.3 is 11.9 Å². The summed E-state index contributed by atoms with van der Waals surface area (Å²) in [7, 11) is 0. The second-order valence-electron chi connectivity index (χ2n) is 9.86. The molecule has 3 heterocycles. The number of halogens is 1. The number of aromatic nitrogens is 2. The van der Waals surface area contributed by atoms with Crippen molar-refractivity contribution in [2.75, 3.05) is 30.3 Å². The van der Waals surface area contributed by atoms with Gasteiger partial charge in [0.15, 0.2) is 5.13 Å². The van der Waals surface area contributed by atoms with Gasteiger partial charge in [0, 0.05) is 37.1 Å². The molecular formula is C27H30ClN5O4S. The van der Waals surface area contributed by atoms with Gasteiger partial charge in [-0.3, -0.25) is 14.6 Å². The summed E-state index contributed by atoms with van der Waals surface area (Å²) >= 11 is 8.18. The number of hydrogen-bond acceptors (Lipinski definition) is 8. The minimum atomic E-state index is -1.13. The van der Waals surface area contributed by atoms with Crippen molar-refractivity contribution in [3.8, 4) is 11.4 Å². The second-order valence-corrected chi connectivity index (χ2v) is 11.1. The SMILES string of the molecule is O=C(O)CC(C(=O)O)C1CNCCc2c1ccc(Cl)c2NCc1ccc(-c2csc(NCC3CC3)n2)nc1. The van der Waals surface area contributed by atoms with Gasteiger partial charge < -0.3 is 26.2 Å². The molecule has 1 aliphatic carbocycles. The van der Waals surface area contributed by atoms with Gasteiger partial charge in [0.1, 0.15) is 5.69 Å². The molecule has 0 amide bonds. The van der Waals surface area contributed by atoms with Gasteiger partial charge in [0.05, 0.1) is 28.7 Å². The molecule has 2 aromatic heterocycles. The molecule has 3 aromatic rings. The number of anilines is 2. The van der Waals surface area contributed by atoms with E-state index in [9.17, 15) is 19.8 Å². The van der Waals surface area contributed by atoms with E-state index >= 15 is 0 Å². The Balaban J connectivity index is 1.31. The number of benzene rings is 1. The Labute approximate surface area is 229 Å². The number of pyridine rings is 1. The maximum Gasteiger partial charge on any atom is 0.307 e. The fourth-order valence-corrected chi connectivity index (χ4v) is 5.83. The molecule has 1 aliphatic heterocycles. The average Bonchev–Trinajstić information content (AvgIpc) is 3.65. The summed E-state index contributed by atoms with van der Waals surface area (Å²) in [6, 6.07) is 7.53. The molecule has 11 heteroatoms. The second kappa shape index (κ2) is 11.7. The quantitative estimate of drug-likeness (QED) is 0.228. The van der Waals surface area contributed by atoms with Crippen LogP contribution in [-0.2, 0) is 22.6 Å². The lowest BCUT2D eigenvalue weighted by Gasteiger charge is -2.25. The Morgan fingerprint density at radius 2 is 2.00 bits per heavy atom. The number of nitrogens with one attached hydrogen (secondary N) is 3. The number of hydrogen-bond donors (Lipinski definition) is 5. The largest absolute Gasteiger partial charge is 0.481 e. The topological polar surface area (TPSA) is 136 Å². The number of rotatable bonds is 11. The lowest BCUT2D eigenvalue weighted by Crippen LogP contribution is -2.31. The van der Waals surface area contributed by atoms with E-state index < -0.39 is 30.2 Å². The Morgan fingerprint density at radius 1 is 1.16 bits per heavy atom. The van der Waals surface area contributed by atoms with Gasteiger partial charge in [0.2, 0.25) is 0 Å². The highest BCUT2D eigenvalue weighted by atomic mass is 35.5. The first-order chi connectivity index (χ1) is 18.4. The lowest BCUT2D eigenvalue weighted by molar-refractivity contribution is -0.149. The minimum Gasteiger partial charge on any atom is -0.481 e. The molecule has 38 heavy (non-hydrogen) atoms. The number of carboxylic acids is 2. The fraction of sp³-hybridized carbons (Fsp3) is 0.407. The molecular weight excluding hydrogens is 526 g/mol. The van der Waals surface area contributed by atoms with Crippen molar-refractivity contribution < 1.29 is 19.8 Å². The number of carboxylic acid groups (broad SMARTS) is 2. The standard InChI is InChI=1S/C27H30ClN5O4S/c28-21-5-4-17-18(7-8-29-13-20(17)19(26(36)37)9-24(34)35)25(21)31-12-16-3-6-22(30-11-16)23-14-38-27(33-23)32-10-15-1-2-15/h3-6,11,14-15,19-20,29,31H,1-2,7-10,12-13H2,(H,32,33)(H,34,35)(H,36,37). The highest BCUT2D eigenvalue weighted by molar-refractivity contribution is 7.14. The molecule has 0 saturated heterocycles. The molecule has 1 aromatic carbocycles. The highest BCUT2D eigenvalue weighted by Gasteiger charge is 2.34. The molecule has 0 bridgehead atoms. The highest BCUT2D eigenvalue weighted by Crippen LogP contribution is 2.38. The smallest absolute Gasteiger partial charge is 0.307 e. The van der Waals surface area contributed by atoms with Crippen molar-refractivity contribution >= 4 is 45.7 Å². The summed E-state index contributed by atoms with van der Waals surface area (Å²) in [5, 5.41) is 32.6. The molecule has 0 spiro atoms. The Hall–Kier alpha value is -3.21. The van der Waals surface area contributed by atoms with Crippen LogP contribution in [0.1, 0.15) is 41.9 Å². The Morgan fingerprint density at radius 3 is 2.71 bits per heavy atom. The van der Waals surface area contributed by atoms with E-state index in [4.69, 9.17) is 11.6 Å². The van der Waals surface area contributed by atoms with E-state index in [1.54, 1.807) is 17.4 Å². The number of nitrogens with zero attached hydrogens (tertiary/aromatic N) is 2. The van der Waals surface area contributed by atoms with Crippen LogP contribution >= 0.6 is 22.9 Å². The molecule has 1 saturated carbocycles. The van der Waals surface area contributed by atoms with E-state index in [0.29, 0.717) is 31.1 Å². The fourth-order valence-electron chi connectivity index (χ4n) is 4.87. The first kappa shape index (κ1) is 26.4. The zero-order valence-corrected chi connectivity index (χ0v) is 22.3. The summed E-state index contributed by atoms with van der Waals surface area (Å²) in [6.45, 7) is 2.48. The van der Waals surface area contributed by atoms with Crippen molar-refractivity contribution in [2.24, 2.45) is 11.8 Å². The third-order valence-electron chi connectivity index (χ3n) is 7.11. The van der Waals surface area contributed by atoms with Gasteiger partial charge in [-0.05, 0) is 60.5 Å². The molecule has 2 atom stereocenters. The number of fused-ring (bicyclic) bond motifs is 1. The number of carbonyl (C=O) groups is 2. The zero-order chi connectivity index (χ0) is 26.6. The molecule has 0 radical (unpaired) electrons. The predicted molar refractivity (Wildman–Crippen MR) is 148 cm³/mol. The van der Waals surface area contributed by atoms with E-state index in [-0.39, 0.29) is 0 Å². The summed E-state index contributed by atoms with van der Waals surface area (Å²) in [5.74, 6) is -2.99. The zero-order valence-electron chi connectivity index (χ0n) is 20.7. The van der Waals surface area contributed by atoms with Crippen molar-refractivity contribution in [3.63, 3.8) is 0 Å². The van der Waals surface area contributed by atoms with Crippen molar-refractivity contribution in [1.82, 2.24) is 15.3 Å². The van der Waals surface area contributed by atoms with E-state index in [0.717, 1.165) is 51.4 Å². The predicted octanol–water partition coefficient (Wildman–Crippen LogP) is 4.70. The third kappa shape index (κ3) is 6.25. The van der Waals surface area contributed by atoms with Crippen LogP contribution in [0.2, 0.25) is 5.02 Å². The summed E-state index contributed by atoms with van der Waals surface area (Å²) in [4.78, 5) is 32.6. The number of thiazole rings is 1. The van der Waals surface area contributed by atoms with Crippen molar-refractivity contribution in [2.45, 2.75) is 38.1 Å². The first-order valence-corrected chi connectivity index (χ1v) is 14.0. The average molecular weight is 556 g/mol.